The third-order valence-corrected chi connectivity index (χ3v) is 13.1. The van der Waals surface area contributed by atoms with Crippen molar-refractivity contribution in [2.45, 2.75) is 170 Å². The van der Waals surface area contributed by atoms with Crippen LogP contribution in [0.4, 0.5) is 0 Å². The molecule has 4 heteroatoms. The normalized spacial score (nSPS) is 19.0. The molecule has 0 aliphatic heterocycles. The van der Waals surface area contributed by atoms with E-state index in [0.717, 1.165) is 55.9 Å². The number of hydrogen-bond donors (Lipinski definition) is 0. The van der Waals surface area contributed by atoms with E-state index in [2.05, 4.69) is 0 Å². The maximum absolute atomic E-state index is 8.67. The van der Waals surface area contributed by atoms with Crippen LogP contribution >= 0.6 is 0 Å². The van der Waals surface area contributed by atoms with Crippen molar-refractivity contribution >= 4 is 0 Å². The topological polar surface area (TPSA) is 15.5 Å². The maximum atomic E-state index is 8.67. The Morgan fingerprint density at radius 1 is 0.425 bits per heavy atom. The van der Waals surface area contributed by atoms with E-state index in [-0.39, 0.29) is 38.9 Å². The second kappa shape index (κ2) is 27.3. The Labute approximate surface area is 527 Å². The van der Waals surface area contributed by atoms with Gasteiger partial charge in [0.05, 0.1) is 0 Å². The van der Waals surface area contributed by atoms with Crippen molar-refractivity contribution in [3.05, 3.63) is 211 Å². The van der Waals surface area contributed by atoms with Crippen molar-refractivity contribution in [3.8, 4) is 45.0 Å². The van der Waals surface area contributed by atoms with Crippen molar-refractivity contribution in [3.63, 3.8) is 0 Å². The van der Waals surface area contributed by atoms with Crippen LogP contribution in [0.5, 0.6) is 0 Å². The lowest BCUT2D eigenvalue weighted by Gasteiger charge is -2.19. The Kier molecular flexibility index (Phi) is 11.8. The average molecular weight is 1100 g/mol. The summed E-state index contributed by atoms with van der Waals surface area (Å²) in [4.78, 5) is 0. The molecule has 0 aliphatic rings. The molecule has 8 rings (SSSR count). The third kappa shape index (κ3) is 18.0. The zero-order valence-corrected chi connectivity index (χ0v) is 50.5. The Hall–Kier alpha value is -6.52. The number of nitrogens with zero attached hydrogens (tertiary/aromatic N) is 4. The van der Waals surface area contributed by atoms with Gasteiger partial charge < -0.3 is 0 Å². The molecule has 4 aromatic heterocycles. The summed E-state index contributed by atoms with van der Waals surface area (Å²) in [5.74, 6) is -2.14. The predicted molar refractivity (Wildman–Crippen MR) is 343 cm³/mol. The third-order valence-electron chi connectivity index (χ3n) is 13.1. The summed E-state index contributed by atoms with van der Waals surface area (Å²) >= 11 is 0. The second-order valence-electron chi connectivity index (χ2n) is 23.3. The molecule has 80 heavy (non-hydrogen) atoms. The first-order valence-corrected chi connectivity index (χ1v) is 26.9. The molecule has 4 heterocycles. The first-order valence-electron chi connectivity index (χ1n) is 40.9. The highest BCUT2D eigenvalue weighted by molar-refractivity contribution is 5.65. The van der Waals surface area contributed by atoms with Gasteiger partial charge in [-0.1, -0.05) is 140 Å². The van der Waals surface area contributed by atoms with Crippen LogP contribution in [0.1, 0.15) is 197 Å². The highest BCUT2D eigenvalue weighted by atomic mass is 14.9. The Bertz CT molecular complexity index is 4570. The lowest BCUT2D eigenvalue weighted by atomic mass is 9.86. The highest BCUT2D eigenvalue weighted by Gasteiger charge is 2.22. The van der Waals surface area contributed by atoms with Gasteiger partial charge in [0.1, 0.15) is 28.2 Å². The lowest BCUT2D eigenvalue weighted by molar-refractivity contribution is -0.661. The number of rotatable bonds is 9. The molecule has 0 amide bonds. The zero-order valence-electron chi connectivity index (χ0n) is 78.5. The van der Waals surface area contributed by atoms with Gasteiger partial charge in [-0.2, -0.15) is 0 Å². The van der Waals surface area contributed by atoms with Gasteiger partial charge in [-0.05, 0) is 186 Å². The second-order valence-corrected chi connectivity index (χ2v) is 23.3. The lowest BCUT2D eigenvalue weighted by Crippen LogP contribution is -2.32. The molecule has 0 fully saturated rings. The smallest absolute Gasteiger partial charge is 0.201 e. The molecule has 8 aromatic rings. The minimum absolute atomic E-state index is 0.0192. The number of aryl methyl sites for hydroxylation is 15. The van der Waals surface area contributed by atoms with Crippen LogP contribution in [0.15, 0.2) is 128 Å². The van der Waals surface area contributed by atoms with Crippen molar-refractivity contribution in [2.24, 2.45) is 44.9 Å². The predicted octanol–water partition coefficient (Wildman–Crippen LogP) is 17.6. The van der Waals surface area contributed by atoms with E-state index in [1.807, 2.05) is 70.6 Å². The molecule has 0 saturated heterocycles. The molecule has 424 valence electrons. The summed E-state index contributed by atoms with van der Waals surface area (Å²) in [5.41, 5.74) is 11.0. The molecule has 0 N–H and O–H groups in total. The van der Waals surface area contributed by atoms with Crippen molar-refractivity contribution in [1.29, 1.82) is 0 Å². The van der Waals surface area contributed by atoms with Crippen LogP contribution in [0.2, 0.25) is 0 Å². The van der Waals surface area contributed by atoms with Gasteiger partial charge in [0, 0.05) is 108 Å². The SMILES string of the molecule is [2H]C([2H])([2H])c1ccc(-c2cc(C([2H])([2H])C(C)(C)C)c(C([2H])([2H])[2H])c[n+]2C)c(C)c1.[2H]C([2H])([2H])c1ccc(-c2cc(C([2H])([2H])C(C)(C)C)cc[n+]2C)c(C)c1.[2H]C([2H])([2H])c1ccc(-c2cc(C([2H])([2H])C(C)C)c(C([2H])([2H])[2H])c[n+]2C)c(C)c1.[2H]C([2H])([2H])c1ccc(-c2cc(C)c(C([2H])(C)C([2H])([2H])[2H])c[n+]2C)c(C)c1. The minimum atomic E-state index is -2.47. The Morgan fingerprint density at radius 2 is 0.812 bits per heavy atom. The van der Waals surface area contributed by atoms with Gasteiger partial charge in [0.15, 0.2) is 24.8 Å². The van der Waals surface area contributed by atoms with E-state index >= 15 is 0 Å². The first-order chi connectivity index (χ1) is 48.3. The quantitative estimate of drug-likeness (QED) is 0.128. The highest BCUT2D eigenvalue weighted by Crippen LogP contribution is 2.30. The van der Waals surface area contributed by atoms with Gasteiger partial charge in [-0.25, -0.2) is 18.3 Å². The number of benzene rings is 4. The minimum Gasteiger partial charge on any atom is -0.201 e. The van der Waals surface area contributed by atoms with Crippen LogP contribution < -0.4 is 18.3 Å². The molecule has 0 bridgehead atoms. The Morgan fingerprint density at radius 3 is 1.19 bits per heavy atom. The van der Waals surface area contributed by atoms with E-state index in [1.54, 1.807) is 169 Å². The van der Waals surface area contributed by atoms with Gasteiger partial charge in [0.25, 0.3) is 0 Å². The van der Waals surface area contributed by atoms with Gasteiger partial charge in [-0.3, -0.25) is 0 Å². The fraction of sp³-hybridized carbons (Fsp3) is 0.421. The molecule has 4 aromatic carbocycles. The fourth-order valence-electron chi connectivity index (χ4n) is 9.33. The average Bonchev–Trinajstić information content (AvgIpc) is 0.762. The van der Waals surface area contributed by atoms with E-state index in [9.17, 15) is 0 Å². The zero-order chi connectivity index (χ0) is 83.5. The molecule has 1 unspecified atom stereocenters. The van der Waals surface area contributed by atoms with Crippen LogP contribution in [-0.4, -0.2) is 0 Å². The van der Waals surface area contributed by atoms with Crippen LogP contribution in [0, 0.1) is 92.5 Å². The maximum Gasteiger partial charge on any atom is 0.212 e. The molecular formula is C76H104N4+4. The summed E-state index contributed by atoms with van der Waals surface area (Å²) < 4.78 is 228. The number of hydrogen-bond acceptors (Lipinski definition) is 0. The van der Waals surface area contributed by atoms with Crippen molar-refractivity contribution in [2.75, 3.05) is 0 Å². The molecule has 0 spiro atoms. The molecule has 0 saturated carbocycles. The molecular weight excluding hydrogens is 969 g/mol. The van der Waals surface area contributed by atoms with Crippen LogP contribution in [0.3, 0.4) is 0 Å². The number of aromatic nitrogens is 4. The van der Waals surface area contributed by atoms with Crippen molar-refractivity contribution in [1.82, 2.24) is 0 Å². The van der Waals surface area contributed by atoms with E-state index in [4.69, 9.17) is 38.4 Å². The summed E-state index contributed by atoms with van der Waals surface area (Å²) in [7, 11) is 7.11. The first kappa shape index (κ1) is 34.7. The summed E-state index contributed by atoms with van der Waals surface area (Å²) in [6, 6.07) is 28.5. The Balaban J connectivity index is 0.000000258. The van der Waals surface area contributed by atoms with Crippen LogP contribution in [-0.2, 0) is 47.3 Å². The largest absolute Gasteiger partial charge is 0.212 e. The van der Waals surface area contributed by atoms with Gasteiger partial charge >= 0.3 is 0 Å². The summed E-state index contributed by atoms with van der Waals surface area (Å²) in [5, 5.41) is 0. The molecule has 0 radical (unpaired) electrons. The summed E-state index contributed by atoms with van der Waals surface area (Å²) in [6.07, 6.45) is 1.23. The molecule has 1 atom stereocenters. The monoisotopic (exact) mass is 1100 g/mol. The van der Waals surface area contributed by atoms with E-state index in [1.165, 1.54) is 31.5 Å². The fourth-order valence-corrected chi connectivity index (χ4v) is 9.33. The number of pyridine rings is 4. The summed E-state index contributed by atoms with van der Waals surface area (Å²) in [6.45, 7) is 8.74. The van der Waals surface area contributed by atoms with Crippen molar-refractivity contribution < 1.29 is 56.6 Å². The van der Waals surface area contributed by atoms with E-state index < -0.39 is 89.7 Å². The standard InChI is InChI=1S/C20H28N.2C19H26N.C18H24N/c1-14-8-9-18(15(2)10-14)19-11-17(12-20(4,5)6)16(3)13-21(19)7;1-13(2)9-17-11-19(20(6)12-16(17)5)18-8-7-14(3)10-15(18)4;1-14-7-8-17(15(2)11-14)18-12-16(9-10-20(18)6)13-19(3,4)5;1-12(2)17-11-19(6)18(10-15(17)5)16-8-7-13(3)9-14(16)4/h8-11,13H,12H2,1-7H3;7-8,10-13H,9H2,1-6H3;7-12H,13H2,1-6H3;7-12H,1-6H3/q4*+1/i1D3,3D3,12D2;3D3,5D3,9D2;1D3,13D2;1D3,3D3,12D. The van der Waals surface area contributed by atoms with Crippen LogP contribution in [0.25, 0.3) is 45.0 Å². The van der Waals surface area contributed by atoms with E-state index in [0.29, 0.717) is 33.6 Å². The van der Waals surface area contributed by atoms with Gasteiger partial charge in [-0.15, -0.1) is 0 Å². The molecule has 4 nitrogen and oxygen atoms in total. The van der Waals surface area contributed by atoms with Gasteiger partial charge in [0.2, 0.25) is 22.8 Å². The molecule has 0 aliphatic carbocycles.